The molecule has 9 heteroatoms. The fourth-order valence-electron chi connectivity index (χ4n) is 3.48. The van der Waals surface area contributed by atoms with E-state index in [1.807, 2.05) is 53.8 Å². The first-order valence-corrected chi connectivity index (χ1v) is 9.61. The lowest BCUT2D eigenvalue weighted by atomic mass is 10.1. The van der Waals surface area contributed by atoms with Gasteiger partial charge in [-0.05, 0) is 19.1 Å². The van der Waals surface area contributed by atoms with Gasteiger partial charge in [-0.3, -0.25) is 9.20 Å². The number of amides is 1. The van der Waals surface area contributed by atoms with Crippen LogP contribution < -0.4 is 16.4 Å². The van der Waals surface area contributed by atoms with Gasteiger partial charge in [0, 0.05) is 12.6 Å². The molecule has 9 nitrogen and oxygen atoms in total. The van der Waals surface area contributed by atoms with Crippen molar-refractivity contribution < 1.29 is 4.79 Å². The summed E-state index contributed by atoms with van der Waals surface area (Å²) in [7, 11) is 1.59. The maximum absolute atomic E-state index is 12.6. The molecule has 3 aromatic heterocycles. The van der Waals surface area contributed by atoms with Crippen LogP contribution in [0.1, 0.15) is 34.7 Å². The van der Waals surface area contributed by atoms with Crippen LogP contribution in [0.25, 0.3) is 16.9 Å². The van der Waals surface area contributed by atoms with Gasteiger partial charge in [0.15, 0.2) is 0 Å². The van der Waals surface area contributed by atoms with Gasteiger partial charge in [0.1, 0.15) is 40.9 Å². The molecule has 4 N–H and O–H groups in total. The molecule has 0 aliphatic carbocycles. The van der Waals surface area contributed by atoms with Crippen LogP contribution in [-0.4, -0.2) is 32.3 Å². The molecule has 4 rings (SSSR count). The maximum Gasteiger partial charge on any atom is 0.268 e. The first-order valence-electron chi connectivity index (χ1n) is 9.61. The van der Waals surface area contributed by atoms with Crippen LogP contribution in [0.4, 0.5) is 11.6 Å². The number of rotatable bonds is 5. The van der Waals surface area contributed by atoms with E-state index >= 15 is 0 Å². The van der Waals surface area contributed by atoms with Gasteiger partial charge in [0.05, 0.1) is 17.4 Å². The normalized spacial score (nSPS) is 11.6. The quantitative estimate of drug-likeness (QED) is 0.459. The van der Waals surface area contributed by atoms with Crippen molar-refractivity contribution in [1.82, 2.24) is 24.7 Å². The molecule has 0 unspecified atom stereocenters. The highest BCUT2D eigenvalue weighted by molar-refractivity contribution is 5.94. The molecule has 0 spiro atoms. The third kappa shape index (κ3) is 3.51. The molecule has 3 heterocycles. The molecule has 1 atom stereocenters. The fraction of sp³-hybridized carbons (Fsp3) is 0.136. The number of nitrogens with one attached hydrogen (secondary N) is 2. The lowest BCUT2D eigenvalue weighted by Gasteiger charge is -2.16. The summed E-state index contributed by atoms with van der Waals surface area (Å²) in [6.07, 6.45) is 1.30. The average Bonchev–Trinajstić information content (AvgIpc) is 3.19. The molecule has 1 aromatic carbocycles. The van der Waals surface area contributed by atoms with E-state index in [0.717, 1.165) is 11.3 Å². The molecule has 0 radical (unpaired) electrons. The van der Waals surface area contributed by atoms with Crippen LogP contribution in [0, 0.1) is 11.3 Å². The molecular weight excluding hydrogens is 392 g/mol. The second-order valence-corrected chi connectivity index (χ2v) is 6.86. The van der Waals surface area contributed by atoms with Crippen LogP contribution in [0.15, 0.2) is 54.9 Å². The van der Waals surface area contributed by atoms with E-state index in [1.165, 1.54) is 6.33 Å². The molecule has 0 aliphatic heterocycles. The van der Waals surface area contributed by atoms with Gasteiger partial charge < -0.3 is 16.4 Å². The lowest BCUT2D eigenvalue weighted by Crippen LogP contribution is -2.21. The van der Waals surface area contributed by atoms with Crippen LogP contribution in [-0.2, 0) is 0 Å². The number of pyridine rings is 1. The molecule has 0 bridgehead atoms. The van der Waals surface area contributed by atoms with E-state index in [0.29, 0.717) is 22.9 Å². The molecular formula is C22H20N8O. The Morgan fingerprint density at radius 3 is 2.65 bits per heavy atom. The van der Waals surface area contributed by atoms with E-state index in [-0.39, 0.29) is 23.3 Å². The molecule has 1 amide bonds. The summed E-state index contributed by atoms with van der Waals surface area (Å²) in [6, 6.07) is 16.8. The second kappa shape index (κ2) is 8.12. The maximum atomic E-state index is 12.6. The van der Waals surface area contributed by atoms with Crippen molar-refractivity contribution >= 4 is 23.2 Å². The number of carbonyl (C=O) groups is 1. The van der Waals surface area contributed by atoms with E-state index in [9.17, 15) is 10.1 Å². The van der Waals surface area contributed by atoms with Gasteiger partial charge in [0.2, 0.25) is 0 Å². The fourth-order valence-corrected chi connectivity index (χ4v) is 3.48. The largest absolute Gasteiger partial charge is 0.382 e. The Balaban J connectivity index is 1.91. The third-order valence-corrected chi connectivity index (χ3v) is 4.93. The summed E-state index contributed by atoms with van der Waals surface area (Å²) in [5, 5.41) is 15.3. The van der Waals surface area contributed by atoms with Crippen molar-refractivity contribution in [2.45, 2.75) is 13.0 Å². The predicted molar refractivity (Wildman–Crippen MR) is 117 cm³/mol. The van der Waals surface area contributed by atoms with Gasteiger partial charge in [-0.2, -0.15) is 5.26 Å². The predicted octanol–water partition coefficient (Wildman–Crippen LogP) is 2.78. The molecule has 0 aliphatic rings. The zero-order valence-corrected chi connectivity index (χ0v) is 17.0. The van der Waals surface area contributed by atoms with Crippen molar-refractivity contribution in [2.24, 2.45) is 0 Å². The Morgan fingerprint density at radius 2 is 1.94 bits per heavy atom. The average molecular weight is 412 g/mol. The van der Waals surface area contributed by atoms with Crippen LogP contribution >= 0.6 is 0 Å². The summed E-state index contributed by atoms with van der Waals surface area (Å²) in [5.41, 5.74) is 9.46. The van der Waals surface area contributed by atoms with Crippen LogP contribution in [0.2, 0.25) is 0 Å². The minimum Gasteiger partial charge on any atom is -0.382 e. The highest BCUT2D eigenvalue weighted by Gasteiger charge is 2.23. The first-order chi connectivity index (χ1) is 15.0. The van der Waals surface area contributed by atoms with Crippen molar-refractivity contribution in [2.75, 3.05) is 18.1 Å². The topological polar surface area (TPSA) is 134 Å². The molecule has 154 valence electrons. The number of nitriles is 1. The standard InChI is InChI=1S/C22H20N8O/c1-13(28-21-15(11-23)20(24)26-12-27-21)18-19(14-7-4-3-5-8-14)30-16(22(31)25-2)9-6-10-17(30)29-18/h3-10,12-13H,1-2H3,(H,25,31)(H3,24,26,27,28)/t13-/m0/s1. The second-order valence-electron chi connectivity index (χ2n) is 6.86. The van der Waals surface area contributed by atoms with Gasteiger partial charge >= 0.3 is 0 Å². The molecule has 4 aromatic rings. The van der Waals surface area contributed by atoms with E-state index < -0.39 is 0 Å². The molecule has 0 fully saturated rings. The highest BCUT2D eigenvalue weighted by Crippen LogP contribution is 2.32. The summed E-state index contributed by atoms with van der Waals surface area (Å²) in [5.74, 6) is 0.208. The Kier molecular flexibility index (Phi) is 5.20. The Labute approximate surface area is 178 Å². The number of nitrogen functional groups attached to an aromatic ring is 1. The number of hydrogen-bond donors (Lipinski definition) is 3. The minimum absolute atomic E-state index is 0.104. The highest BCUT2D eigenvalue weighted by atomic mass is 16.1. The van der Waals surface area contributed by atoms with Crippen molar-refractivity contribution in [3.8, 4) is 17.3 Å². The van der Waals surface area contributed by atoms with E-state index in [2.05, 4.69) is 20.6 Å². The Morgan fingerprint density at radius 1 is 1.16 bits per heavy atom. The number of hydrogen-bond acceptors (Lipinski definition) is 7. The zero-order chi connectivity index (χ0) is 22.0. The number of carbonyl (C=O) groups excluding carboxylic acids is 1. The van der Waals surface area contributed by atoms with E-state index in [1.54, 1.807) is 19.2 Å². The van der Waals surface area contributed by atoms with Crippen LogP contribution in [0.3, 0.4) is 0 Å². The summed E-state index contributed by atoms with van der Waals surface area (Å²) < 4.78 is 1.83. The number of benzene rings is 1. The number of nitrogens with zero attached hydrogens (tertiary/aromatic N) is 5. The number of nitrogens with two attached hydrogens (primary N) is 1. The number of anilines is 2. The number of fused-ring (bicyclic) bond motifs is 1. The van der Waals surface area contributed by atoms with E-state index in [4.69, 9.17) is 10.7 Å². The van der Waals surface area contributed by atoms with Crippen LogP contribution in [0.5, 0.6) is 0 Å². The van der Waals surface area contributed by atoms with Gasteiger partial charge in [-0.25, -0.2) is 15.0 Å². The van der Waals surface area contributed by atoms with Crippen molar-refractivity contribution in [3.63, 3.8) is 0 Å². The minimum atomic E-state index is -0.353. The van der Waals surface area contributed by atoms with Gasteiger partial charge in [-0.15, -0.1) is 0 Å². The molecule has 31 heavy (non-hydrogen) atoms. The van der Waals surface area contributed by atoms with Gasteiger partial charge in [0.25, 0.3) is 5.91 Å². The SMILES string of the molecule is CNC(=O)c1cccc2nc([C@H](C)Nc3ncnc(N)c3C#N)c(-c3ccccc3)n12. The zero-order valence-electron chi connectivity index (χ0n) is 17.0. The monoisotopic (exact) mass is 412 g/mol. The number of aromatic nitrogens is 4. The van der Waals surface area contributed by atoms with Gasteiger partial charge in [-0.1, -0.05) is 36.4 Å². The van der Waals surface area contributed by atoms with Crippen molar-refractivity contribution in [3.05, 3.63) is 71.8 Å². The summed E-state index contributed by atoms with van der Waals surface area (Å²) in [4.78, 5) is 25.4. The Hall–Kier alpha value is -4.45. The lowest BCUT2D eigenvalue weighted by molar-refractivity contribution is 0.0957. The molecule has 0 saturated heterocycles. The number of imidazole rings is 1. The smallest absolute Gasteiger partial charge is 0.268 e. The third-order valence-electron chi connectivity index (χ3n) is 4.93. The summed E-state index contributed by atoms with van der Waals surface area (Å²) in [6.45, 7) is 1.91. The van der Waals surface area contributed by atoms with Crippen molar-refractivity contribution in [1.29, 1.82) is 5.26 Å². The molecule has 0 saturated carbocycles. The first kappa shape index (κ1) is 19.8. The summed E-state index contributed by atoms with van der Waals surface area (Å²) >= 11 is 0. The Bertz CT molecular complexity index is 1310.